The lowest BCUT2D eigenvalue weighted by molar-refractivity contribution is 0.728. The molecule has 16 heavy (non-hydrogen) atoms. The van der Waals surface area contributed by atoms with Crippen LogP contribution in [0.3, 0.4) is 0 Å². The highest BCUT2D eigenvalue weighted by Crippen LogP contribution is 2.16. The number of hydrogen-bond donors (Lipinski definition) is 0. The highest BCUT2D eigenvalue weighted by Gasteiger charge is 2.07. The van der Waals surface area contributed by atoms with E-state index in [0.29, 0.717) is 0 Å². The summed E-state index contributed by atoms with van der Waals surface area (Å²) < 4.78 is 2.82. The summed E-state index contributed by atoms with van der Waals surface area (Å²) in [5, 5.41) is 3.10. The first-order valence-electron chi connectivity index (χ1n) is 5.32. The molecular weight excluding hydrogens is 218 g/mol. The summed E-state index contributed by atoms with van der Waals surface area (Å²) in [5.41, 5.74) is 2.10. The fraction of sp³-hybridized carbons (Fsp3) is 0.333. The van der Waals surface area contributed by atoms with Crippen molar-refractivity contribution in [1.29, 1.82) is 0 Å². The molecule has 2 heterocycles. The molecule has 2 aromatic rings. The monoisotopic (exact) mass is 233 g/mol. The number of aromatic nitrogens is 2. The van der Waals surface area contributed by atoms with Crippen molar-refractivity contribution in [3.8, 4) is 0 Å². The zero-order valence-corrected chi connectivity index (χ0v) is 10.6. The maximum absolute atomic E-state index is 5.48. The first-order chi connectivity index (χ1) is 7.65. The Labute approximate surface area is 100 Å². The van der Waals surface area contributed by atoms with Gasteiger partial charge in [-0.2, -0.15) is 0 Å². The van der Waals surface area contributed by atoms with Gasteiger partial charge in [-0.1, -0.05) is 19.1 Å². The summed E-state index contributed by atoms with van der Waals surface area (Å²) in [5.74, 6) is 0. The molecule has 0 aliphatic heterocycles. The second-order valence-electron chi connectivity index (χ2n) is 3.90. The van der Waals surface area contributed by atoms with Crippen molar-refractivity contribution < 1.29 is 0 Å². The lowest BCUT2D eigenvalue weighted by Crippen LogP contribution is -2.27. The Bertz CT molecular complexity index is 572. The summed E-state index contributed by atoms with van der Waals surface area (Å²) in [6, 6.07) is 6.14. The van der Waals surface area contributed by atoms with E-state index in [1.807, 2.05) is 29.8 Å². The Morgan fingerprint density at radius 2 is 2.19 bits per heavy atom. The van der Waals surface area contributed by atoms with Crippen molar-refractivity contribution >= 4 is 23.3 Å². The van der Waals surface area contributed by atoms with Crippen molar-refractivity contribution in [2.75, 3.05) is 19.1 Å². The van der Waals surface area contributed by atoms with Gasteiger partial charge in [-0.05, 0) is 30.2 Å². The van der Waals surface area contributed by atoms with Gasteiger partial charge in [0.25, 0.3) is 0 Å². The standard InChI is InChI=1S/C12H15N3S/c1-4-9-8-10-6-5-7-13-11(10)15(12(9)16)14(2)3/h5-8H,4H2,1-3H3. The molecule has 2 aromatic heterocycles. The third-order valence-corrected chi connectivity index (χ3v) is 3.03. The van der Waals surface area contributed by atoms with Gasteiger partial charge < -0.3 is 5.01 Å². The van der Waals surface area contributed by atoms with E-state index in [-0.39, 0.29) is 0 Å². The van der Waals surface area contributed by atoms with Gasteiger partial charge in [0, 0.05) is 25.7 Å². The minimum atomic E-state index is 0.846. The topological polar surface area (TPSA) is 21.1 Å². The van der Waals surface area contributed by atoms with Crippen molar-refractivity contribution in [2.45, 2.75) is 13.3 Å². The van der Waals surface area contributed by atoms with Crippen LogP contribution in [-0.4, -0.2) is 23.8 Å². The Morgan fingerprint density at radius 3 is 2.81 bits per heavy atom. The number of fused-ring (bicyclic) bond motifs is 1. The third-order valence-electron chi connectivity index (χ3n) is 2.60. The number of nitrogens with zero attached hydrogens (tertiary/aromatic N) is 3. The predicted octanol–water partition coefficient (Wildman–Crippen LogP) is 2.53. The van der Waals surface area contributed by atoms with Crippen molar-refractivity contribution in [3.63, 3.8) is 0 Å². The molecule has 0 unspecified atom stereocenters. The molecule has 0 spiro atoms. The fourth-order valence-electron chi connectivity index (χ4n) is 1.81. The normalized spacial score (nSPS) is 10.7. The van der Waals surface area contributed by atoms with Crippen LogP contribution < -0.4 is 5.01 Å². The highest BCUT2D eigenvalue weighted by molar-refractivity contribution is 7.71. The number of rotatable bonds is 2. The second kappa shape index (κ2) is 4.22. The first-order valence-corrected chi connectivity index (χ1v) is 5.73. The molecule has 0 N–H and O–H groups in total. The average molecular weight is 233 g/mol. The molecule has 0 radical (unpaired) electrons. The predicted molar refractivity (Wildman–Crippen MR) is 70.0 cm³/mol. The maximum atomic E-state index is 5.48. The maximum Gasteiger partial charge on any atom is 0.159 e. The molecule has 0 bridgehead atoms. The number of aryl methyl sites for hydroxylation is 1. The van der Waals surface area contributed by atoms with Gasteiger partial charge in [0.2, 0.25) is 0 Å². The molecule has 0 saturated heterocycles. The van der Waals surface area contributed by atoms with Crippen LogP contribution >= 0.6 is 12.2 Å². The van der Waals surface area contributed by atoms with E-state index in [9.17, 15) is 0 Å². The van der Waals surface area contributed by atoms with Gasteiger partial charge >= 0.3 is 0 Å². The molecule has 2 rings (SSSR count). The van der Waals surface area contributed by atoms with Gasteiger partial charge in [-0.15, -0.1) is 0 Å². The number of pyridine rings is 2. The van der Waals surface area contributed by atoms with Crippen LogP contribution in [0.25, 0.3) is 11.0 Å². The van der Waals surface area contributed by atoms with Gasteiger partial charge in [-0.3, -0.25) is 0 Å². The molecule has 0 atom stereocenters. The van der Waals surface area contributed by atoms with E-state index in [4.69, 9.17) is 12.2 Å². The largest absolute Gasteiger partial charge is 0.316 e. The van der Waals surface area contributed by atoms with Gasteiger partial charge in [0.15, 0.2) is 5.65 Å². The van der Waals surface area contributed by atoms with E-state index >= 15 is 0 Å². The molecule has 0 saturated carbocycles. The average Bonchev–Trinajstić information content (AvgIpc) is 2.27. The zero-order chi connectivity index (χ0) is 11.7. The van der Waals surface area contributed by atoms with Crippen molar-refractivity contribution in [3.05, 3.63) is 34.6 Å². The molecule has 0 amide bonds. The van der Waals surface area contributed by atoms with E-state index in [2.05, 4.69) is 24.0 Å². The van der Waals surface area contributed by atoms with Crippen LogP contribution in [0.2, 0.25) is 0 Å². The fourth-order valence-corrected chi connectivity index (χ4v) is 2.26. The molecule has 0 aliphatic rings. The second-order valence-corrected chi connectivity index (χ2v) is 4.29. The van der Waals surface area contributed by atoms with Crippen LogP contribution in [0.5, 0.6) is 0 Å². The third kappa shape index (κ3) is 1.69. The number of hydrogen-bond acceptors (Lipinski definition) is 3. The van der Waals surface area contributed by atoms with Gasteiger partial charge in [-0.25, -0.2) is 9.66 Å². The molecule has 0 aromatic carbocycles. The minimum Gasteiger partial charge on any atom is -0.316 e. The first kappa shape index (κ1) is 11.1. The quantitative estimate of drug-likeness (QED) is 0.744. The summed E-state index contributed by atoms with van der Waals surface area (Å²) in [7, 11) is 3.95. The van der Waals surface area contributed by atoms with Crippen LogP contribution in [0.4, 0.5) is 0 Å². The highest BCUT2D eigenvalue weighted by atomic mass is 32.1. The lowest BCUT2D eigenvalue weighted by Gasteiger charge is -2.20. The van der Waals surface area contributed by atoms with E-state index in [0.717, 1.165) is 22.1 Å². The Kier molecular flexibility index (Phi) is 2.92. The van der Waals surface area contributed by atoms with Crippen molar-refractivity contribution in [2.24, 2.45) is 0 Å². The Morgan fingerprint density at radius 1 is 1.44 bits per heavy atom. The molecule has 0 fully saturated rings. The summed E-state index contributed by atoms with van der Waals surface area (Å²) >= 11 is 5.48. The molecule has 4 heteroatoms. The van der Waals surface area contributed by atoms with E-state index in [1.165, 1.54) is 5.56 Å². The smallest absolute Gasteiger partial charge is 0.159 e. The van der Waals surface area contributed by atoms with Crippen LogP contribution in [0.1, 0.15) is 12.5 Å². The van der Waals surface area contributed by atoms with Crippen LogP contribution in [0, 0.1) is 4.64 Å². The Hall–Kier alpha value is -1.42. The van der Waals surface area contributed by atoms with Gasteiger partial charge in [0.05, 0.1) is 0 Å². The summed E-state index contributed by atoms with van der Waals surface area (Å²) in [6.07, 6.45) is 2.74. The summed E-state index contributed by atoms with van der Waals surface area (Å²) in [6.45, 7) is 2.12. The van der Waals surface area contributed by atoms with E-state index < -0.39 is 0 Å². The van der Waals surface area contributed by atoms with Crippen molar-refractivity contribution in [1.82, 2.24) is 9.66 Å². The molecule has 0 aliphatic carbocycles. The van der Waals surface area contributed by atoms with Crippen LogP contribution in [0.15, 0.2) is 24.4 Å². The summed E-state index contributed by atoms with van der Waals surface area (Å²) in [4.78, 5) is 4.39. The molecule has 3 nitrogen and oxygen atoms in total. The molecular formula is C12H15N3S. The lowest BCUT2D eigenvalue weighted by atomic mass is 10.2. The minimum absolute atomic E-state index is 0.846. The SMILES string of the molecule is CCc1cc2cccnc2n(N(C)C)c1=S. The van der Waals surface area contributed by atoms with E-state index in [1.54, 1.807) is 6.20 Å². The Balaban J connectivity index is 2.91. The van der Waals surface area contributed by atoms with Gasteiger partial charge in [0.1, 0.15) is 4.64 Å². The molecule has 84 valence electrons. The van der Waals surface area contributed by atoms with Crippen LogP contribution in [-0.2, 0) is 6.42 Å². The zero-order valence-electron chi connectivity index (χ0n) is 9.77.